The van der Waals surface area contributed by atoms with E-state index in [1.165, 1.54) is 5.56 Å². The van der Waals surface area contributed by atoms with Crippen LogP contribution in [0.1, 0.15) is 32.8 Å². The lowest BCUT2D eigenvalue weighted by molar-refractivity contribution is 0.124. The summed E-state index contributed by atoms with van der Waals surface area (Å²) in [4.78, 5) is 0. The van der Waals surface area contributed by atoms with Gasteiger partial charge >= 0.3 is 0 Å². The Balaban J connectivity index is 2.80. The van der Waals surface area contributed by atoms with E-state index >= 15 is 0 Å². The van der Waals surface area contributed by atoms with Gasteiger partial charge in [0.1, 0.15) is 0 Å². The molecular formula is C16H27NO. The largest absolute Gasteiger partial charge is 0.384 e. The number of nitrogens with one attached hydrogen (secondary N) is 1. The Bertz CT molecular complexity index is 323. The number of hydrogen-bond acceptors (Lipinski definition) is 2. The van der Waals surface area contributed by atoms with E-state index in [2.05, 4.69) is 56.4 Å². The molecule has 0 heterocycles. The molecule has 0 aliphatic rings. The lowest BCUT2D eigenvalue weighted by atomic mass is 9.78. The van der Waals surface area contributed by atoms with Gasteiger partial charge in [-0.2, -0.15) is 0 Å². The molecule has 1 N–H and O–H groups in total. The highest BCUT2D eigenvalue weighted by Crippen LogP contribution is 2.27. The van der Waals surface area contributed by atoms with Crippen molar-refractivity contribution in [1.29, 1.82) is 0 Å². The van der Waals surface area contributed by atoms with Crippen LogP contribution in [0.5, 0.6) is 0 Å². The van der Waals surface area contributed by atoms with Crippen molar-refractivity contribution in [3.63, 3.8) is 0 Å². The maximum absolute atomic E-state index is 5.47. The zero-order valence-corrected chi connectivity index (χ0v) is 12.2. The summed E-state index contributed by atoms with van der Waals surface area (Å²) < 4.78 is 5.47. The van der Waals surface area contributed by atoms with E-state index in [0.29, 0.717) is 5.92 Å². The third kappa shape index (κ3) is 4.11. The van der Waals surface area contributed by atoms with E-state index in [1.807, 2.05) is 0 Å². The minimum absolute atomic E-state index is 0.0882. The third-order valence-corrected chi connectivity index (χ3v) is 3.50. The van der Waals surface area contributed by atoms with Gasteiger partial charge in [-0.3, -0.25) is 0 Å². The maximum atomic E-state index is 5.47. The first-order chi connectivity index (χ1) is 8.64. The van der Waals surface area contributed by atoms with Crippen LogP contribution in [0.15, 0.2) is 30.3 Å². The first-order valence-corrected chi connectivity index (χ1v) is 6.90. The SMILES string of the molecule is CCC(CNCC(C)C)(COC)c1ccccc1. The summed E-state index contributed by atoms with van der Waals surface area (Å²) in [5.74, 6) is 0.679. The monoisotopic (exact) mass is 249 g/mol. The van der Waals surface area contributed by atoms with E-state index in [1.54, 1.807) is 7.11 Å². The van der Waals surface area contributed by atoms with Gasteiger partial charge in [-0.25, -0.2) is 0 Å². The molecule has 0 amide bonds. The molecule has 0 aromatic heterocycles. The molecule has 1 aromatic rings. The molecule has 1 rings (SSSR count). The summed E-state index contributed by atoms with van der Waals surface area (Å²) in [7, 11) is 1.79. The molecule has 1 aromatic carbocycles. The second kappa shape index (κ2) is 7.55. The number of rotatable bonds is 8. The molecule has 0 aliphatic heterocycles. The normalized spacial score (nSPS) is 14.7. The molecule has 0 spiro atoms. The third-order valence-electron chi connectivity index (χ3n) is 3.50. The Morgan fingerprint density at radius 2 is 1.89 bits per heavy atom. The standard InChI is InChI=1S/C16H27NO/c1-5-16(13-18-4,12-17-11-14(2)3)15-9-7-6-8-10-15/h6-10,14,17H,5,11-13H2,1-4H3. The minimum atomic E-state index is 0.0882. The average Bonchev–Trinajstić information content (AvgIpc) is 2.38. The zero-order chi connectivity index (χ0) is 13.4. The Morgan fingerprint density at radius 3 is 2.39 bits per heavy atom. The molecule has 18 heavy (non-hydrogen) atoms. The lowest BCUT2D eigenvalue weighted by Crippen LogP contribution is -2.42. The van der Waals surface area contributed by atoms with E-state index < -0.39 is 0 Å². The molecule has 0 bridgehead atoms. The summed E-state index contributed by atoms with van der Waals surface area (Å²) in [6.07, 6.45) is 1.08. The smallest absolute Gasteiger partial charge is 0.0571 e. The Morgan fingerprint density at radius 1 is 1.22 bits per heavy atom. The van der Waals surface area contributed by atoms with Crippen molar-refractivity contribution in [3.8, 4) is 0 Å². The molecule has 1 atom stereocenters. The summed E-state index contributed by atoms with van der Waals surface area (Å²) in [6.45, 7) is 9.50. The number of hydrogen-bond donors (Lipinski definition) is 1. The topological polar surface area (TPSA) is 21.3 Å². The van der Waals surface area contributed by atoms with Gasteiger partial charge in [-0.1, -0.05) is 51.1 Å². The highest BCUT2D eigenvalue weighted by Gasteiger charge is 2.29. The Hall–Kier alpha value is -0.860. The predicted octanol–water partition coefficient (Wildman–Crippen LogP) is 3.23. The van der Waals surface area contributed by atoms with Gasteiger partial charge < -0.3 is 10.1 Å². The Kier molecular flexibility index (Phi) is 6.37. The summed E-state index contributed by atoms with van der Waals surface area (Å²) >= 11 is 0. The molecule has 0 fully saturated rings. The van der Waals surface area contributed by atoms with Crippen LogP contribution in [0.3, 0.4) is 0 Å². The van der Waals surface area contributed by atoms with Crippen molar-refractivity contribution in [1.82, 2.24) is 5.32 Å². The first kappa shape index (κ1) is 15.2. The van der Waals surface area contributed by atoms with Gasteiger partial charge in [0, 0.05) is 19.1 Å². The van der Waals surface area contributed by atoms with Gasteiger partial charge in [-0.05, 0) is 24.4 Å². The van der Waals surface area contributed by atoms with Gasteiger partial charge in [0.2, 0.25) is 0 Å². The van der Waals surface area contributed by atoms with Crippen molar-refractivity contribution in [2.24, 2.45) is 5.92 Å². The number of methoxy groups -OCH3 is 1. The van der Waals surface area contributed by atoms with E-state index in [4.69, 9.17) is 4.74 Å². The summed E-state index contributed by atoms with van der Waals surface area (Å²) in [5.41, 5.74) is 1.45. The van der Waals surface area contributed by atoms with Crippen LogP contribution in [0.2, 0.25) is 0 Å². The minimum Gasteiger partial charge on any atom is -0.384 e. The number of benzene rings is 1. The predicted molar refractivity (Wildman–Crippen MR) is 78.0 cm³/mol. The fourth-order valence-corrected chi connectivity index (χ4v) is 2.34. The van der Waals surface area contributed by atoms with Crippen LogP contribution in [-0.2, 0) is 10.2 Å². The lowest BCUT2D eigenvalue weighted by Gasteiger charge is -2.33. The zero-order valence-electron chi connectivity index (χ0n) is 12.2. The summed E-state index contributed by atoms with van der Waals surface area (Å²) in [5, 5.41) is 3.58. The van der Waals surface area contributed by atoms with Crippen molar-refractivity contribution in [2.45, 2.75) is 32.6 Å². The molecule has 0 aliphatic carbocycles. The molecule has 1 unspecified atom stereocenters. The van der Waals surface area contributed by atoms with E-state index in [9.17, 15) is 0 Å². The highest BCUT2D eigenvalue weighted by atomic mass is 16.5. The van der Waals surface area contributed by atoms with Gasteiger partial charge in [0.05, 0.1) is 6.61 Å². The van der Waals surface area contributed by atoms with Crippen LogP contribution in [-0.4, -0.2) is 26.8 Å². The molecule has 0 saturated heterocycles. The van der Waals surface area contributed by atoms with Crippen molar-refractivity contribution in [2.75, 3.05) is 26.8 Å². The second-order valence-corrected chi connectivity index (χ2v) is 5.46. The molecule has 0 radical (unpaired) electrons. The fraction of sp³-hybridized carbons (Fsp3) is 0.625. The van der Waals surface area contributed by atoms with Gasteiger partial charge in [0.25, 0.3) is 0 Å². The van der Waals surface area contributed by atoms with Crippen molar-refractivity contribution < 1.29 is 4.74 Å². The Labute approximate surface area is 112 Å². The van der Waals surface area contributed by atoms with Crippen molar-refractivity contribution in [3.05, 3.63) is 35.9 Å². The van der Waals surface area contributed by atoms with Gasteiger partial charge in [0.15, 0.2) is 0 Å². The van der Waals surface area contributed by atoms with Crippen LogP contribution < -0.4 is 5.32 Å². The first-order valence-electron chi connectivity index (χ1n) is 6.90. The van der Waals surface area contributed by atoms with Gasteiger partial charge in [-0.15, -0.1) is 0 Å². The molecular weight excluding hydrogens is 222 g/mol. The quantitative estimate of drug-likeness (QED) is 0.764. The van der Waals surface area contributed by atoms with E-state index in [0.717, 1.165) is 26.1 Å². The molecule has 102 valence electrons. The highest BCUT2D eigenvalue weighted by molar-refractivity contribution is 5.26. The van der Waals surface area contributed by atoms with Crippen LogP contribution in [0, 0.1) is 5.92 Å². The molecule has 2 nitrogen and oxygen atoms in total. The molecule has 2 heteroatoms. The number of ether oxygens (including phenoxy) is 1. The van der Waals surface area contributed by atoms with E-state index in [-0.39, 0.29) is 5.41 Å². The van der Waals surface area contributed by atoms with Crippen molar-refractivity contribution >= 4 is 0 Å². The van der Waals surface area contributed by atoms with Crippen LogP contribution in [0.25, 0.3) is 0 Å². The second-order valence-electron chi connectivity index (χ2n) is 5.46. The summed E-state index contributed by atoms with van der Waals surface area (Å²) in [6, 6.07) is 10.7. The maximum Gasteiger partial charge on any atom is 0.0571 e. The fourth-order valence-electron chi connectivity index (χ4n) is 2.34. The van der Waals surface area contributed by atoms with Crippen LogP contribution >= 0.6 is 0 Å². The van der Waals surface area contributed by atoms with Crippen LogP contribution in [0.4, 0.5) is 0 Å². The molecule has 0 saturated carbocycles. The average molecular weight is 249 g/mol.